The zero-order valence-electron chi connectivity index (χ0n) is 7.14. The predicted octanol–water partition coefficient (Wildman–Crippen LogP) is 1.33. The molecule has 66 valence electrons. The first-order chi connectivity index (χ1) is 6.42. The van der Waals surface area contributed by atoms with Crippen LogP contribution in [0, 0.1) is 0 Å². The number of aromatic nitrogens is 3. The number of nitrogens with one attached hydrogen (secondary N) is 1. The van der Waals surface area contributed by atoms with Gasteiger partial charge in [-0.25, -0.2) is 9.97 Å². The molecule has 2 aromatic rings. The van der Waals surface area contributed by atoms with E-state index in [1.807, 2.05) is 16.8 Å². The number of hydrogen-bond acceptors (Lipinski definition) is 3. The third-order valence-electron chi connectivity index (χ3n) is 1.73. The molecule has 4 nitrogen and oxygen atoms in total. The molecule has 0 fully saturated rings. The maximum Gasteiger partial charge on any atom is 0.180 e. The van der Waals surface area contributed by atoms with Crippen LogP contribution in [0.1, 0.15) is 0 Å². The van der Waals surface area contributed by atoms with E-state index in [2.05, 4.69) is 21.9 Å². The van der Waals surface area contributed by atoms with Gasteiger partial charge in [0.05, 0.1) is 0 Å². The predicted molar refractivity (Wildman–Crippen MR) is 51.7 cm³/mol. The summed E-state index contributed by atoms with van der Waals surface area (Å²) in [5.41, 5.74) is 0.837. The van der Waals surface area contributed by atoms with Crippen LogP contribution in [0.2, 0.25) is 0 Å². The molecule has 0 atom stereocenters. The molecule has 0 aliphatic heterocycles. The number of imidazole rings is 1. The van der Waals surface area contributed by atoms with Crippen molar-refractivity contribution in [1.29, 1.82) is 0 Å². The van der Waals surface area contributed by atoms with E-state index in [0.717, 1.165) is 11.5 Å². The van der Waals surface area contributed by atoms with Gasteiger partial charge in [-0.2, -0.15) is 0 Å². The maximum atomic E-state index is 4.18. The van der Waals surface area contributed by atoms with Crippen molar-refractivity contribution in [3.05, 3.63) is 37.4 Å². The Hall–Kier alpha value is -1.84. The Kier molecular flexibility index (Phi) is 1.96. The first kappa shape index (κ1) is 7.79. The Morgan fingerprint density at radius 2 is 2.15 bits per heavy atom. The fourth-order valence-corrected chi connectivity index (χ4v) is 1.15. The molecule has 0 aliphatic carbocycles. The van der Waals surface area contributed by atoms with E-state index in [-0.39, 0.29) is 0 Å². The summed E-state index contributed by atoms with van der Waals surface area (Å²) in [5, 5.41) is 3.11. The molecule has 0 bridgehead atoms. The van der Waals surface area contributed by atoms with Crippen molar-refractivity contribution in [2.45, 2.75) is 0 Å². The zero-order valence-corrected chi connectivity index (χ0v) is 7.14. The standard InChI is InChI=1S/C9H10N4/c1-2-3-10-8-9-12-5-7-13(9)6-4-11-8/h2,4-7H,1,3H2,(H,10,11). The minimum absolute atomic E-state index is 0.694. The number of rotatable bonds is 3. The van der Waals surface area contributed by atoms with Crippen LogP contribution in [0.4, 0.5) is 5.82 Å². The van der Waals surface area contributed by atoms with E-state index < -0.39 is 0 Å². The molecular weight excluding hydrogens is 164 g/mol. The Bertz CT molecular complexity index is 418. The first-order valence-corrected chi connectivity index (χ1v) is 4.04. The summed E-state index contributed by atoms with van der Waals surface area (Å²) >= 11 is 0. The summed E-state index contributed by atoms with van der Waals surface area (Å²) in [5.74, 6) is 0.785. The van der Waals surface area contributed by atoms with E-state index in [1.165, 1.54) is 0 Å². The van der Waals surface area contributed by atoms with Gasteiger partial charge in [0.15, 0.2) is 11.5 Å². The molecule has 0 saturated heterocycles. The number of fused-ring (bicyclic) bond motifs is 1. The maximum absolute atomic E-state index is 4.18. The van der Waals surface area contributed by atoms with E-state index in [4.69, 9.17) is 0 Å². The van der Waals surface area contributed by atoms with Crippen molar-refractivity contribution in [3.8, 4) is 0 Å². The molecule has 2 heterocycles. The average Bonchev–Trinajstić information content (AvgIpc) is 2.62. The number of anilines is 1. The molecule has 0 aliphatic rings. The van der Waals surface area contributed by atoms with Gasteiger partial charge in [-0.15, -0.1) is 6.58 Å². The van der Waals surface area contributed by atoms with Crippen LogP contribution in [-0.2, 0) is 0 Å². The Morgan fingerprint density at radius 3 is 2.92 bits per heavy atom. The van der Waals surface area contributed by atoms with E-state index >= 15 is 0 Å². The summed E-state index contributed by atoms with van der Waals surface area (Å²) < 4.78 is 1.92. The molecule has 0 spiro atoms. The van der Waals surface area contributed by atoms with Gasteiger partial charge in [-0.1, -0.05) is 6.08 Å². The van der Waals surface area contributed by atoms with Gasteiger partial charge in [-0.3, -0.25) is 0 Å². The molecule has 2 aromatic heterocycles. The quantitative estimate of drug-likeness (QED) is 0.714. The summed E-state index contributed by atoms with van der Waals surface area (Å²) in [7, 11) is 0. The molecule has 1 N–H and O–H groups in total. The van der Waals surface area contributed by atoms with Crippen LogP contribution in [0.5, 0.6) is 0 Å². The van der Waals surface area contributed by atoms with E-state index in [0.29, 0.717) is 6.54 Å². The van der Waals surface area contributed by atoms with E-state index in [9.17, 15) is 0 Å². The second-order valence-corrected chi connectivity index (χ2v) is 2.60. The van der Waals surface area contributed by atoms with Crippen molar-refractivity contribution < 1.29 is 0 Å². The highest BCUT2D eigenvalue weighted by molar-refractivity contribution is 5.62. The van der Waals surface area contributed by atoms with E-state index in [1.54, 1.807) is 18.5 Å². The van der Waals surface area contributed by atoms with Gasteiger partial charge < -0.3 is 9.72 Å². The fraction of sp³-hybridized carbons (Fsp3) is 0.111. The summed E-state index contributed by atoms with van der Waals surface area (Å²) in [6.45, 7) is 4.32. The third kappa shape index (κ3) is 1.38. The lowest BCUT2D eigenvalue weighted by atomic mass is 10.5. The minimum Gasteiger partial charge on any atom is -0.364 e. The summed E-state index contributed by atoms with van der Waals surface area (Å²) in [4.78, 5) is 8.35. The van der Waals surface area contributed by atoms with Gasteiger partial charge in [0.1, 0.15) is 0 Å². The lowest BCUT2D eigenvalue weighted by Gasteiger charge is -2.02. The van der Waals surface area contributed by atoms with Crippen LogP contribution < -0.4 is 5.32 Å². The molecule has 13 heavy (non-hydrogen) atoms. The number of nitrogens with zero attached hydrogens (tertiary/aromatic N) is 3. The molecule has 4 heteroatoms. The van der Waals surface area contributed by atoms with Gasteiger partial charge in [-0.05, 0) is 0 Å². The Labute approximate surface area is 75.9 Å². The first-order valence-electron chi connectivity index (χ1n) is 4.04. The number of hydrogen-bond donors (Lipinski definition) is 1. The van der Waals surface area contributed by atoms with Crippen LogP contribution in [-0.4, -0.2) is 20.9 Å². The van der Waals surface area contributed by atoms with Gasteiger partial charge in [0.25, 0.3) is 0 Å². The third-order valence-corrected chi connectivity index (χ3v) is 1.73. The molecular formula is C9H10N4. The topological polar surface area (TPSA) is 42.2 Å². The Balaban J connectivity index is 2.42. The molecule has 0 radical (unpaired) electrons. The minimum atomic E-state index is 0.694. The van der Waals surface area contributed by atoms with Crippen LogP contribution in [0.15, 0.2) is 37.4 Å². The lowest BCUT2D eigenvalue weighted by molar-refractivity contribution is 1.11. The monoisotopic (exact) mass is 174 g/mol. The SMILES string of the molecule is C=CCNc1nccn2ccnc12. The van der Waals surface area contributed by atoms with Crippen LogP contribution in [0.3, 0.4) is 0 Å². The van der Waals surface area contributed by atoms with Crippen LogP contribution >= 0.6 is 0 Å². The second kappa shape index (κ2) is 3.26. The summed E-state index contributed by atoms with van der Waals surface area (Å²) in [6.07, 6.45) is 9.02. The normalized spacial score (nSPS) is 10.2. The highest BCUT2D eigenvalue weighted by atomic mass is 15.1. The van der Waals surface area contributed by atoms with Crippen molar-refractivity contribution in [2.75, 3.05) is 11.9 Å². The second-order valence-electron chi connectivity index (χ2n) is 2.60. The highest BCUT2D eigenvalue weighted by Gasteiger charge is 2.00. The molecule has 2 rings (SSSR count). The smallest absolute Gasteiger partial charge is 0.180 e. The van der Waals surface area contributed by atoms with Crippen molar-refractivity contribution in [2.24, 2.45) is 0 Å². The Morgan fingerprint density at radius 1 is 1.38 bits per heavy atom. The van der Waals surface area contributed by atoms with Crippen molar-refractivity contribution in [1.82, 2.24) is 14.4 Å². The van der Waals surface area contributed by atoms with Crippen LogP contribution in [0.25, 0.3) is 5.65 Å². The van der Waals surface area contributed by atoms with Gasteiger partial charge in [0.2, 0.25) is 0 Å². The fourth-order valence-electron chi connectivity index (χ4n) is 1.15. The molecule has 0 amide bonds. The molecule has 0 aromatic carbocycles. The molecule has 0 saturated carbocycles. The van der Waals surface area contributed by atoms with Gasteiger partial charge >= 0.3 is 0 Å². The molecule has 0 unspecified atom stereocenters. The van der Waals surface area contributed by atoms with Crippen molar-refractivity contribution in [3.63, 3.8) is 0 Å². The largest absolute Gasteiger partial charge is 0.364 e. The van der Waals surface area contributed by atoms with Crippen molar-refractivity contribution >= 4 is 11.5 Å². The average molecular weight is 174 g/mol. The lowest BCUT2D eigenvalue weighted by Crippen LogP contribution is -2.02. The van der Waals surface area contributed by atoms with Gasteiger partial charge in [0, 0.05) is 31.3 Å². The summed E-state index contributed by atoms with van der Waals surface area (Å²) in [6, 6.07) is 0. The zero-order chi connectivity index (χ0) is 9.10. The highest BCUT2D eigenvalue weighted by Crippen LogP contribution is 2.09.